The molecule has 1 aromatic carbocycles. The lowest BCUT2D eigenvalue weighted by Gasteiger charge is -2.09. The number of halogens is 3. The Hall–Kier alpha value is -1.43. The van der Waals surface area contributed by atoms with Gasteiger partial charge in [-0.05, 0) is 31.3 Å². The maximum Gasteiger partial charge on any atom is 0.573 e. The molecule has 1 N–H and O–H groups in total. The molecule has 0 bridgehead atoms. The van der Waals surface area contributed by atoms with Gasteiger partial charge in [0.2, 0.25) is 0 Å². The normalized spacial score (nSPS) is 11.2. The third kappa shape index (κ3) is 4.88. The van der Waals surface area contributed by atoms with E-state index in [9.17, 15) is 13.2 Å². The molecule has 0 aliphatic carbocycles. The predicted octanol–water partition coefficient (Wildman–Crippen LogP) is 2.18. The molecule has 0 radical (unpaired) electrons. The molecule has 1 aromatic rings. The van der Waals surface area contributed by atoms with E-state index in [4.69, 9.17) is 4.74 Å². The molecule has 16 heavy (non-hydrogen) atoms. The van der Waals surface area contributed by atoms with Gasteiger partial charge in [0.15, 0.2) is 0 Å². The van der Waals surface area contributed by atoms with E-state index in [2.05, 4.69) is 10.1 Å². The molecule has 0 saturated carbocycles. The highest BCUT2D eigenvalue weighted by Gasteiger charge is 2.30. The third-order valence-corrected chi connectivity index (χ3v) is 1.68. The van der Waals surface area contributed by atoms with E-state index in [1.54, 1.807) is 7.05 Å². The lowest BCUT2D eigenvalue weighted by molar-refractivity contribution is -0.274. The highest BCUT2D eigenvalue weighted by Crippen LogP contribution is 2.24. The lowest BCUT2D eigenvalue weighted by atomic mass is 10.3. The molecule has 90 valence electrons. The van der Waals surface area contributed by atoms with E-state index in [1.807, 2.05) is 0 Å². The summed E-state index contributed by atoms with van der Waals surface area (Å²) in [6.07, 6.45) is -4.66. The van der Waals surface area contributed by atoms with E-state index in [0.29, 0.717) is 18.9 Å². The molecule has 0 aliphatic rings. The number of benzene rings is 1. The molecule has 1 rings (SSSR count). The minimum absolute atomic E-state index is 0.256. The molecule has 0 saturated heterocycles. The van der Waals surface area contributed by atoms with Crippen LogP contribution < -0.4 is 14.8 Å². The smallest absolute Gasteiger partial charge is 0.492 e. The Morgan fingerprint density at radius 2 is 1.69 bits per heavy atom. The van der Waals surface area contributed by atoms with Crippen LogP contribution in [0.3, 0.4) is 0 Å². The minimum atomic E-state index is -4.66. The highest BCUT2D eigenvalue weighted by atomic mass is 19.4. The van der Waals surface area contributed by atoms with Crippen molar-refractivity contribution in [1.29, 1.82) is 0 Å². The third-order valence-electron chi connectivity index (χ3n) is 1.68. The molecule has 0 fully saturated rings. The summed E-state index contributed by atoms with van der Waals surface area (Å²) in [6, 6.07) is 5.28. The van der Waals surface area contributed by atoms with Crippen molar-refractivity contribution in [3.8, 4) is 11.5 Å². The van der Waals surface area contributed by atoms with Crippen LogP contribution in [0.25, 0.3) is 0 Å². The summed E-state index contributed by atoms with van der Waals surface area (Å²) < 4.78 is 44.4. The first-order valence-corrected chi connectivity index (χ1v) is 4.64. The first-order valence-electron chi connectivity index (χ1n) is 4.64. The monoisotopic (exact) mass is 235 g/mol. The van der Waals surface area contributed by atoms with E-state index in [0.717, 1.165) is 0 Å². The molecule has 0 heterocycles. The Morgan fingerprint density at radius 1 is 1.12 bits per heavy atom. The number of alkyl halides is 3. The minimum Gasteiger partial charge on any atom is -0.492 e. The van der Waals surface area contributed by atoms with Crippen molar-refractivity contribution in [3.05, 3.63) is 24.3 Å². The second kappa shape index (κ2) is 5.60. The van der Waals surface area contributed by atoms with Gasteiger partial charge < -0.3 is 14.8 Å². The SMILES string of the molecule is CNCCOc1ccc(OC(F)(F)F)cc1. The van der Waals surface area contributed by atoms with Gasteiger partial charge in [-0.15, -0.1) is 13.2 Å². The number of hydrogen-bond acceptors (Lipinski definition) is 3. The first kappa shape index (κ1) is 12.6. The van der Waals surface area contributed by atoms with Crippen molar-refractivity contribution in [2.45, 2.75) is 6.36 Å². The van der Waals surface area contributed by atoms with Gasteiger partial charge in [0.25, 0.3) is 0 Å². The van der Waals surface area contributed by atoms with Crippen LogP contribution in [0.2, 0.25) is 0 Å². The van der Waals surface area contributed by atoms with Gasteiger partial charge in [0, 0.05) is 6.54 Å². The molecule has 0 spiro atoms. The van der Waals surface area contributed by atoms with Gasteiger partial charge in [0.05, 0.1) is 0 Å². The summed E-state index contributed by atoms with van der Waals surface area (Å²) >= 11 is 0. The molecule has 3 nitrogen and oxygen atoms in total. The number of hydrogen-bond donors (Lipinski definition) is 1. The molecular weight excluding hydrogens is 223 g/mol. The van der Waals surface area contributed by atoms with Crippen LogP contribution in [0.1, 0.15) is 0 Å². The van der Waals surface area contributed by atoms with Gasteiger partial charge in [-0.3, -0.25) is 0 Å². The average Bonchev–Trinajstić information content (AvgIpc) is 2.19. The zero-order valence-electron chi connectivity index (χ0n) is 8.67. The van der Waals surface area contributed by atoms with Crippen LogP contribution in [0.4, 0.5) is 13.2 Å². The van der Waals surface area contributed by atoms with Crippen LogP contribution in [-0.2, 0) is 0 Å². The van der Waals surface area contributed by atoms with Crippen molar-refractivity contribution < 1.29 is 22.6 Å². The first-order chi connectivity index (χ1) is 7.51. The zero-order chi connectivity index (χ0) is 12.0. The highest BCUT2D eigenvalue weighted by molar-refractivity contribution is 5.31. The summed E-state index contributed by atoms with van der Waals surface area (Å²) in [5.74, 6) is 0.248. The fraction of sp³-hybridized carbons (Fsp3) is 0.400. The Morgan fingerprint density at radius 3 is 2.19 bits per heavy atom. The molecule has 0 unspecified atom stereocenters. The van der Waals surface area contributed by atoms with Crippen molar-refractivity contribution in [1.82, 2.24) is 5.32 Å². The maximum atomic E-state index is 11.8. The number of rotatable bonds is 5. The fourth-order valence-corrected chi connectivity index (χ4v) is 1.01. The van der Waals surface area contributed by atoms with Crippen molar-refractivity contribution in [3.63, 3.8) is 0 Å². The van der Waals surface area contributed by atoms with E-state index in [1.165, 1.54) is 24.3 Å². The van der Waals surface area contributed by atoms with Crippen LogP contribution in [0, 0.1) is 0 Å². The van der Waals surface area contributed by atoms with Gasteiger partial charge in [-0.25, -0.2) is 0 Å². The topological polar surface area (TPSA) is 30.5 Å². The number of ether oxygens (including phenoxy) is 2. The average molecular weight is 235 g/mol. The Bertz CT molecular complexity index is 311. The molecule has 0 atom stereocenters. The molecule has 0 aromatic heterocycles. The number of nitrogens with one attached hydrogen (secondary N) is 1. The van der Waals surface area contributed by atoms with Crippen LogP contribution in [0.15, 0.2) is 24.3 Å². The second-order valence-corrected chi connectivity index (χ2v) is 2.97. The van der Waals surface area contributed by atoms with Crippen LogP contribution >= 0.6 is 0 Å². The van der Waals surface area contributed by atoms with Gasteiger partial charge in [-0.2, -0.15) is 0 Å². The Balaban J connectivity index is 2.48. The fourth-order valence-electron chi connectivity index (χ4n) is 1.01. The van der Waals surface area contributed by atoms with E-state index < -0.39 is 6.36 Å². The largest absolute Gasteiger partial charge is 0.573 e. The van der Waals surface area contributed by atoms with E-state index >= 15 is 0 Å². The van der Waals surface area contributed by atoms with Crippen molar-refractivity contribution in [2.75, 3.05) is 20.2 Å². The summed E-state index contributed by atoms with van der Waals surface area (Å²) in [5, 5.41) is 2.88. The van der Waals surface area contributed by atoms with Gasteiger partial charge in [0.1, 0.15) is 18.1 Å². The predicted molar refractivity (Wildman–Crippen MR) is 52.5 cm³/mol. The molecule has 6 heteroatoms. The Labute approximate surface area is 91.2 Å². The summed E-state index contributed by atoms with van der Waals surface area (Å²) in [4.78, 5) is 0. The van der Waals surface area contributed by atoms with Gasteiger partial charge in [-0.1, -0.05) is 0 Å². The number of likely N-dealkylation sites (N-methyl/N-ethyl adjacent to an activating group) is 1. The Kier molecular flexibility index (Phi) is 4.42. The zero-order valence-corrected chi connectivity index (χ0v) is 8.67. The van der Waals surface area contributed by atoms with Crippen molar-refractivity contribution >= 4 is 0 Å². The lowest BCUT2D eigenvalue weighted by Crippen LogP contribution is -2.17. The molecule has 0 aliphatic heterocycles. The summed E-state index contributed by atoms with van der Waals surface area (Å²) in [5.41, 5.74) is 0. The molecule has 0 amide bonds. The summed E-state index contributed by atoms with van der Waals surface area (Å²) in [7, 11) is 1.78. The van der Waals surface area contributed by atoms with Gasteiger partial charge >= 0.3 is 6.36 Å². The molecular formula is C10H12F3NO2. The second-order valence-electron chi connectivity index (χ2n) is 2.97. The van der Waals surface area contributed by atoms with Crippen LogP contribution in [-0.4, -0.2) is 26.6 Å². The standard InChI is InChI=1S/C10H12F3NO2/c1-14-6-7-15-8-2-4-9(5-3-8)16-10(11,12)13/h2-5,14H,6-7H2,1H3. The van der Waals surface area contributed by atoms with Crippen LogP contribution in [0.5, 0.6) is 11.5 Å². The quantitative estimate of drug-likeness (QED) is 0.793. The van der Waals surface area contributed by atoms with Crippen molar-refractivity contribution in [2.24, 2.45) is 0 Å². The summed E-state index contributed by atoms with van der Waals surface area (Å²) in [6.45, 7) is 1.12. The maximum absolute atomic E-state index is 11.8. The van der Waals surface area contributed by atoms with E-state index in [-0.39, 0.29) is 5.75 Å².